The Hall–Kier alpha value is -4.71. The molecular weight excluding hydrogens is 949 g/mol. The lowest BCUT2D eigenvalue weighted by Crippen LogP contribution is -2.30. The summed E-state index contributed by atoms with van der Waals surface area (Å²) in [5.74, 6) is -0.957. The topological polar surface area (TPSA) is 78.9 Å². The molecule has 0 aromatic carbocycles. The van der Waals surface area contributed by atoms with Crippen molar-refractivity contribution in [3.63, 3.8) is 0 Å². The van der Waals surface area contributed by atoms with E-state index in [9.17, 15) is 14.4 Å². The van der Waals surface area contributed by atoms with E-state index in [0.717, 1.165) is 161 Å². The SMILES string of the molecule is CC/C=C\C/C=C\C/C=C\C/C=C\C/C=C\C/C=C\C/C=C\C/C=C\CCCCCCCCC(=O)OCC(COC(=O)CCCCC/C=C\C/C=C\C/C=C\CC)OC(=O)CCCCCCC/C=C\CCCCCCCC. The van der Waals surface area contributed by atoms with E-state index in [-0.39, 0.29) is 31.1 Å². The lowest BCUT2D eigenvalue weighted by Gasteiger charge is -2.18. The van der Waals surface area contributed by atoms with Crippen LogP contribution in [0.15, 0.2) is 146 Å². The summed E-state index contributed by atoms with van der Waals surface area (Å²) in [6.45, 7) is 6.36. The molecule has 0 aliphatic heterocycles. The number of hydrogen-bond donors (Lipinski definition) is 0. The molecule has 0 heterocycles. The lowest BCUT2D eigenvalue weighted by atomic mass is 10.1. The van der Waals surface area contributed by atoms with Gasteiger partial charge in [0.05, 0.1) is 0 Å². The maximum absolute atomic E-state index is 12.9. The fourth-order valence-corrected chi connectivity index (χ4v) is 8.17. The summed E-state index contributed by atoms with van der Waals surface area (Å²) >= 11 is 0. The number of esters is 3. The molecule has 0 radical (unpaired) electrons. The Morgan fingerprint density at radius 1 is 0.273 bits per heavy atom. The maximum atomic E-state index is 12.9. The third-order valence-corrected chi connectivity index (χ3v) is 12.8. The molecule has 1 atom stereocenters. The Kier molecular flexibility index (Phi) is 59.9. The van der Waals surface area contributed by atoms with Crippen LogP contribution in [0.5, 0.6) is 0 Å². The number of rotatable bonds is 55. The molecule has 0 bridgehead atoms. The first kappa shape index (κ1) is 72.3. The molecule has 0 aliphatic carbocycles. The summed E-state index contributed by atoms with van der Waals surface area (Å²) in [7, 11) is 0. The van der Waals surface area contributed by atoms with Crippen molar-refractivity contribution in [2.75, 3.05) is 13.2 Å². The minimum Gasteiger partial charge on any atom is -0.462 e. The monoisotopic (exact) mass is 1060 g/mol. The van der Waals surface area contributed by atoms with E-state index >= 15 is 0 Å². The molecule has 0 saturated heterocycles. The predicted octanol–water partition coefficient (Wildman–Crippen LogP) is 21.5. The van der Waals surface area contributed by atoms with Crippen LogP contribution in [0.4, 0.5) is 0 Å². The Bertz CT molecular complexity index is 1700. The first-order chi connectivity index (χ1) is 38.0. The number of carbonyl (C=O) groups excluding carboxylic acids is 3. The zero-order chi connectivity index (χ0) is 55.7. The summed E-state index contributed by atoms with van der Waals surface area (Å²) in [4.78, 5) is 38.2. The van der Waals surface area contributed by atoms with Gasteiger partial charge in [0.25, 0.3) is 0 Å². The van der Waals surface area contributed by atoms with Crippen LogP contribution < -0.4 is 0 Å². The maximum Gasteiger partial charge on any atom is 0.306 e. The van der Waals surface area contributed by atoms with Gasteiger partial charge in [0.1, 0.15) is 13.2 Å². The average Bonchev–Trinajstić information content (AvgIpc) is 3.43. The second kappa shape index (κ2) is 63.8. The molecule has 434 valence electrons. The van der Waals surface area contributed by atoms with Crippen LogP contribution in [0.2, 0.25) is 0 Å². The molecule has 0 aromatic heterocycles. The highest BCUT2D eigenvalue weighted by Gasteiger charge is 2.19. The van der Waals surface area contributed by atoms with Crippen LogP contribution in [0.25, 0.3) is 0 Å². The van der Waals surface area contributed by atoms with Crippen LogP contribution in [0.1, 0.15) is 265 Å². The molecule has 0 aliphatic rings. The van der Waals surface area contributed by atoms with Crippen molar-refractivity contribution < 1.29 is 28.6 Å². The molecule has 6 heteroatoms. The van der Waals surface area contributed by atoms with Crippen molar-refractivity contribution in [3.05, 3.63) is 146 Å². The standard InChI is InChI=1S/C71H114O6/c1-4-7-10-13-16-19-22-25-27-28-29-30-31-32-33-34-35-36-37-38-39-40-41-42-44-46-49-52-55-58-61-64-70(73)76-67-68(66-75-69(72)63-60-57-54-51-48-45-24-21-18-15-12-9-6-3)77-71(74)65-62-59-56-53-50-47-43-26-23-20-17-14-11-8-5-2/h7,9-10,12,16,18-19,21,25-27,29-30,32-33,35-36,38-39,41-43,45,48,68H,4-6,8,11,13-15,17,20,22-24,28,31,34,37,40,44,46-47,49-67H2,1-3H3/b10-7-,12-9-,19-16-,21-18-,27-25-,30-29-,33-32-,36-35-,39-38-,42-41-,43-26-,48-45-. The van der Waals surface area contributed by atoms with Crippen molar-refractivity contribution in [1.82, 2.24) is 0 Å². The smallest absolute Gasteiger partial charge is 0.306 e. The molecule has 0 saturated carbocycles. The molecule has 0 amide bonds. The fourth-order valence-electron chi connectivity index (χ4n) is 8.17. The summed E-state index contributed by atoms with van der Waals surface area (Å²) in [5.41, 5.74) is 0. The summed E-state index contributed by atoms with van der Waals surface area (Å²) in [6.07, 6.45) is 91.4. The normalized spacial score (nSPS) is 13.1. The van der Waals surface area contributed by atoms with E-state index in [1.54, 1.807) is 0 Å². The van der Waals surface area contributed by atoms with Crippen molar-refractivity contribution in [3.8, 4) is 0 Å². The molecule has 0 fully saturated rings. The van der Waals surface area contributed by atoms with Gasteiger partial charge in [-0.2, -0.15) is 0 Å². The van der Waals surface area contributed by atoms with Gasteiger partial charge in [-0.15, -0.1) is 0 Å². The molecule has 6 nitrogen and oxygen atoms in total. The Morgan fingerprint density at radius 3 is 0.818 bits per heavy atom. The Morgan fingerprint density at radius 2 is 0.506 bits per heavy atom. The van der Waals surface area contributed by atoms with Crippen LogP contribution >= 0.6 is 0 Å². The molecular formula is C71H114O6. The summed E-state index contributed by atoms with van der Waals surface area (Å²) in [5, 5.41) is 0. The van der Waals surface area contributed by atoms with E-state index in [2.05, 4.69) is 167 Å². The third-order valence-electron chi connectivity index (χ3n) is 12.8. The van der Waals surface area contributed by atoms with E-state index in [0.29, 0.717) is 19.3 Å². The van der Waals surface area contributed by atoms with Gasteiger partial charge in [0, 0.05) is 19.3 Å². The number of carbonyl (C=O) groups is 3. The minimum atomic E-state index is -0.807. The number of ether oxygens (including phenoxy) is 3. The second-order valence-electron chi connectivity index (χ2n) is 20.2. The zero-order valence-corrected chi connectivity index (χ0v) is 49.7. The van der Waals surface area contributed by atoms with E-state index in [4.69, 9.17) is 14.2 Å². The van der Waals surface area contributed by atoms with Gasteiger partial charge in [-0.3, -0.25) is 14.4 Å². The lowest BCUT2D eigenvalue weighted by molar-refractivity contribution is -0.167. The van der Waals surface area contributed by atoms with Crippen molar-refractivity contribution in [2.24, 2.45) is 0 Å². The van der Waals surface area contributed by atoms with Crippen LogP contribution in [0.3, 0.4) is 0 Å². The molecule has 77 heavy (non-hydrogen) atoms. The van der Waals surface area contributed by atoms with Gasteiger partial charge in [0.2, 0.25) is 0 Å². The first-order valence-electron chi connectivity index (χ1n) is 31.3. The van der Waals surface area contributed by atoms with Gasteiger partial charge < -0.3 is 14.2 Å². The van der Waals surface area contributed by atoms with E-state index in [1.165, 1.54) is 64.2 Å². The summed E-state index contributed by atoms with van der Waals surface area (Å²) < 4.78 is 16.8. The van der Waals surface area contributed by atoms with Gasteiger partial charge in [-0.1, -0.05) is 250 Å². The molecule has 0 N–H and O–H groups in total. The second-order valence-corrected chi connectivity index (χ2v) is 20.2. The van der Waals surface area contributed by atoms with E-state index in [1.807, 2.05) is 0 Å². The number of allylic oxidation sites excluding steroid dienone is 24. The number of unbranched alkanes of at least 4 members (excludes halogenated alkanes) is 20. The average molecular weight is 1060 g/mol. The molecule has 0 spiro atoms. The third kappa shape index (κ3) is 62.0. The Labute approximate surface area is 474 Å². The summed E-state index contributed by atoms with van der Waals surface area (Å²) in [6, 6.07) is 0. The van der Waals surface area contributed by atoms with Crippen molar-refractivity contribution in [2.45, 2.75) is 271 Å². The highest BCUT2D eigenvalue weighted by atomic mass is 16.6. The van der Waals surface area contributed by atoms with Crippen LogP contribution in [-0.4, -0.2) is 37.2 Å². The number of hydrogen-bond acceptors (Lipinski definition) is 6. The Balaban J connectivity index is 4.35. The highest BCUT2D eigenvalue weighted by molar-refractivity contribution is 5.71. The molecule has 0 aromatic rings. The van der Waals surface area contributed by atoms with E-state index < -0.39 is 6.10 Å². The largest absolute Gasteiger partial charge is 0.462 e. The van der Waals surface area contributed by atoms with Crippen molar-refractivity contribution >= 4 is 17.9 Å². The predicted molar refractivity (Wildman–Crippen MR) is 334 cm³/mol. The minimum absolute atomic E-state index is 0.103. The van der Waals surface area contributed by atoms with Crippen LogP contribution in [-0.2, 0) is 28.6 Å². The van der Waals surface area contributed by atoms with Gasteiger partial charge >= 0.3 is 17.9 Å². The van der Waals surface area contributed by atoms with Crippen molar-refractivity contribution in [1.29, 1.82) is 0 Å². The molecule has 1 unspecified atom stereocenters. The van der Waals surface area contributed by atoms with Gasteiger partial charge in [-0.05, 0) is 141 Å². The zero-order valence-electron chi connectivity index (χ0n) is 49.7. The molecule has 0 rings (SSSR count). The van der Waals surface area contributed by atoms with Crippen LogP contribution in [0, 0.1) is 0 Å². The van der Waals surface area contributed by atoms with Gasteiger partial charge in [0.15, 0.2) is 6.10 Å². The highest BCUT2D eigenvalue weighted by Crippen LogP contribution is 2.14. The fraction of sp³-hybridized carbons (Fsp3) is 0.620. The quantitative estimate of drug-likeness (QED) is 0.0261. The first-order valence-corrected chi connectivity index (χ1v) is 31.3. The van der Waals surface area contributed by atoms with Gasteiger partial charge in [-0.25, -0.2) is 0 Å².